The van der Waals surface area contributed by atoms with Gasteiger partial charge in [-0.1, -0.05) is 24.3 Å². The molecule has 0 radical (unpaired) electrons. The fraction of sp³-hybridized carbons (Fsp3) is 0.0769. The first-order valence-electron chi connectivity index (χ1n) is 10.6. The molecule has 8 nitrogen and oxygen atoms in total. The van der Waals surface area contributed by atoms with E-state index in [-0.39, 0.29) is 9.79 Å². The van der Waals surface area contributed by atoms with Crippen LogP contribution >= 0.6 is 0 Å². The molecule has 4 rings (SSSR count). The number of hydrogen-bond acceptors (Lipinski definition) is 6. The smallest absolute Gasteiger partial charge is 0.294 e. The summed E-state index contributed by atoms with van der Waals surface area (Å²) in [4.78, 5) is -0.484. The lowest BCUT2D eigenvalue weighted by Crippen LogP contribution is -1.98. The van der Waals surface area contributed by atoms with Crippen LogP contribution in [0.2, 0.25) is 0 Å². The molecule has 4 aromatic carbocycles. The van der Waals surface area contributed by atoms with Crippen LogP contribution in [0.5, 0.6) is 23.0 Å². The molecule has 36 heavy (non-hydrogen) atoms. The topological polar surface area (TPSA) is 127 Å². The van der Waals surface area contributed by atoms with Crippen molar-refractivity contribution in [1.29, 1.82) is 0 Å². The fourth-order valence-corrected chi connectivity index (χ4v) is 4.45. The van der Waals surface area contributed by atoms with E-state index in [0.717, 1.165) is 11.1 Å². The molecule has 2 N–H and O–H groups in total. The first kappa shape index (κ1) is 25.4. The zero-order chi connectivity index (χ0) is 26.1. The van der Waals surface area contributed by atoms with E-state index >= 15 is 0 Å². The van der Waals surface area contributed by atoms with E-state index in [9.17, 15) is 25.9 Å². The van der Waals surface area contributed by atoms with Crippen molar-refractivity contribution in [2.24, 2.45) is 0 Å². The van der Waals surface area contributed by atoms with Crippen LogP contribution in [-0.4, -0.2) is 25.9 Å². The van der Waals surface area contributed by atoms with Crippen molar-refractivity contribution >= 4 is 20.2 Å². The number of ether oxygens (including phenoxy) is 2. The Balaban J connectivity index is 1.72. The number of hydrogen-bond donors (Lipinski definition) is 2. The summed E-state index contributed by atoms with van der Waals surface area (Å²) in [6.45, 7) is 3.81. The predicted octanol–water partition coefficient (Wildman–Crippen LogP) is 6.05. The van der Waals surface area contributed by atoms with E-state index in [1.807, 2.05) is 50.2 Å². The molecule has 186 valence electrons. The second-order valence-electron chi connectivity index (χ2n) is 8.10. The maximum Gasteiger partial charge on any atom is 0.294 e. The van der Waals surface area contributed by atoms with E-state index in [1.54, 1.807) is 0 Å². The fourth-order valence-electron chi connectivity index (χ4n) is 3.49. The summed E-state index contributed by atoms with van der Waals surface area (Å²) in [5.74, 6) is 1.71. The minimum atomic E-state index is -4.32. The van der Waals surface area contributed by atoms with Gasteiger partial charge in [0.05, 0.1) is 9.79 Å². The molecule has 0 saturated heterocycles. The van der Waals surface area contributed by atoms with Gasteiger partial charge in [-0.25, -0.2) is 0 Å². The molecule has 0 atom stereocenters. The molecule has 0 heterocycles. The van der Waals surface area contributed by atoms with Gasteiger partial charge in [0.1, 0.15) is 23.0 Å². The summed E-state index contributed by atoms with van der Waals surface area (Å²) < 4.78 is 75.9. The summed E-state index contributed by atoms with van der Waals surface area (Å²) in [6, 6.07) is 22.0. The van der Waals surface area contributed by atoms with Crippen molar-refractivity contribution in [1.82, 2.24) is 0 Å². The molecule has 0 aliphatic carbocycles. The highest BCUT2D eigenvalue weighted by atomic mass is 32.2. The van der Waals surface area contributed by atoms with E-state index in [2.05, 4.69) is 0 Å². The molecule has 10 heteroatoms. The minimum Gasteiger partial charge on any atom is -0.457 e. The van der Waals surface area contributed by atoms with Crippen LogP contribution in [-0.2, 0) is 20.2 Å². The van der Waals surface area contributed by atoms with Gasteiger partial charge in [-0.15, -0.1) is 0 Å². The molecule has 0 bridgehead atoms. The third-order valence-electron chi connectivity index (χ3n) is 5.26. The Morgan fingerprint density at radius 2 is 0.861 bits per heavy atom. The van der Waals surface area contributed by atoms with Gasteiger partial charge >= 0.3 is 0 Å². The van der Waals surface area contributed by atoms with E-state index in [0.29, 0.717) is 34.1 Å². The molecule has 0 saturated carbocycles. The quantitative estimate of drug-likeness (QED) is 0.279. The number of benzene rings is 4. The third kappa shape index (κ3) is 5.92. The number of aryl methyl sites for hydroxylation is 2. The first-order chi connectivity index (χ1) is 16.9. The second kappa shape index (κ2) is 9.75. The Hall–Kier alpha value is -3.70. The Morgan fingerprint density at radius 3 is 1.17 bits per heavy atom. The molecule has 0 unspecified atom stereocenters. The van der Waals surface area contributed by atoms with Crippen LogP contribution in [0.4, 0.5) is 0 Å². The van der Waals surface area contributed by atoms with Crippen molar-refractivity contribution in [3.8, 4) is 34.1 Å². The lowest BCUT2D eigenvalue weighted by molar-refractivity contribution is 0.473. The Morgan fingerprint density at radius 1 is 0.528 bits per heavy atom. The average molecular weight is 527 g/mol. The van der Waals surface area contributed by atoms with Gasteiger partial charge in [0, 0.05) is 11.1 Å². The molecular formula is C26H22O8S2. The highest BCUT2D eigenvalue weighted by Gasteiger charge is 2.16. The molecular weight excluding hydrogens is 504 g/mol. The largest absolute Gasteiger partial charge is 0.457 e. The molecule has 0 aromatic heterocycles. The third-order valence-corrected chi connectivity index (χ3v) is 7.00. The minimum absolute atomic E-state index is 0.242. The van der Waals surface area contributed by atoms with Crippen molar-refractivity contribution in [3.05, 3.63) is 96.1 Å². The Kier molecular flexibility index (Phi) is 6.87. The van der Waals surface area contributed by atoms with Crippen LogP contribution in [0.25, 0.3) is 11.1 Å². The summed E-state index contributed by atoms with van der Waals surface area (Å²) in [5, 5.41) is 0. The van der Waals surface area contributed by atoms with Crippen LogP contribution in [0.15, 0.2) is 94.7 Å². The highest BCUT2D eigenvalue weighted by molar-refractivity contribution is 7.86. The molecule has 0 fully saturated rings. The van der Waals surface area contributed by atoms with Crippen LogP contribution < -0.4 is 9.47 Å². The zero-order valence-electron chi connectivity index (χ0n) is 19.2. The van der Waals surface area contributed by atoms with Crippen LogP contribution in [0, 0.1) is 13.8 Å². The average Bonchev–Trinajstić information content (AvgIpc) is 2.79. The molecule has 0 aliphatic rings. The van der Waals surface area contributed by atoms with Crippen molar-refractivity contribution in [2.75, 3.05) is 0 Å². The van der Waals surface area contributed by atoms with Gasteiger partial charge in [0.15, 0.2) is 0 Å². The second-order valence-corrected chi connectivity index (χ2v) is 10.9. The summed E-state index contributed by atoms with van der Waals surface area (Å²) >= 11 is 0. The van der Waals surface area contributed by atoms with Crippen molar-refractivity contribution in [2.45, 2.75) is 23.6 Å². The first-order valence-corrected chi connectivity index (χ1v) is 13.5. The maximum atomic E-state index is 11.3. The molecule has 4 aromatic rings. The predicted molar refractivity (Wildman–Crippen MR) is 134 cm³/mol. The van der Waals surface area contributed by atoms with Crippen LogP contribution in [0.1, 0.15) is 11.1 Å². The van der Waals surface area contributed by atoms with Gasteiger partial charge in [-0.05, 0) is 85.6 Å². The van der Waals surface area contributed by atoms with Crippen LogP contribution in [0.3, 0.4) is 0 Å². The van der Waals surface area contributed by atoms with Gasteiger partial charge in [-0.2, -0.15) is 16.8 Å². The molecule has 0 aliphatic heterocycles. The molecule has 0 spiro atoms. The lowest BCUT2D eigenvalue weighted by Gasteiger charge is -2.17. The van der Waals surface area contributed by atoms with E-state index in [1.165, 1.54) is 48.5 Å². The zero-order valence-corrected chi connectivity index (χ0v) is 20.9. The van der Waals surface area contributed by atoms with Crippen molar-refractivity contribution in [3.63, 3.8) is 0 Å². The normalized spacial score (nSPS) is 11.8. The Bertz CT molecular complexity index is 1500. The molecule has 0 amide bonds. The summed E-state index contributed by atoms with van der Waals surface area (Å²) in [6.07, 6.45) is 0. The Labute approximate surface area is 209 Å². The number of rotatable bonds is 7. The van der Waals surface area contributed by atoms with Gasteiger partial charge in [0.25, 0.3) is 20.2 Å². The summed E-state index contributed by atoms with van der Waals surface area (Å²) in [7, 11) is -8.64. The lowest BCUT2D eigenvalue weighted by atomic mass is 10.0. The van der Waals surface area contributed by atoms with E-state index in [4.69, 9.17) is 9.47 Å². The van der Waals surface area contributed by atoms with Gasteiger partial charge < -0.3 is 9.47 Å². The van der Waals surface area contributed by atoms with Crippen molar-refractivity contribution < 1.29 is 35.4 Å². The SMILES string of the molecule is Cc1ccc(-c2ccc(C)cc2Oc2ccc(S(=O)(=O)O)cc2)c(Oc2ccc(S(=O)(=O)O)cc2)c1. The highest BCUT2D eigenvalue weighted by Crippen LogP contribution is 2.41. The van der Waals surface area contributed by atoms with E-state index < -0.39 is 20.2 Å². The van der Waals surface area contributed by atoms with Gasteiger partial charge in [-0.3, -0.25) is 9.11 Å². The monoisotopic (exact) mass is 526 g/mol. The summed E-state index contributed by atoms with van der Waals surface area (Å²) in [5.41, 5.74) is 3.26. The standard InChI is InChI=1S/C26H22O8S2/c1-17-3-13-23(25(15-17)33-19-5-9-21(10-6-19)35(27,28)29)24-14-4-18(2)16-26(24)34-20-7-11-22(12-8-20)36(30,31)32/h3-16H,1-2H3,(H,27,28,29)(H,30,31,32). The maximum absolute atomic E-state index is 11.3. The van der Waals surface area contributed by atoms with Gasteiger partial charge in [0.2, 0.25) is 0 Å².